The van der Waals surface area contributed by atoms with Crippen LogP contribution in [0, 0.1) is 0 Å². The van der Waals surface area contributed by atoms with Gasteiger partial charge in [-0.3, -0.25) is 14.4 Å². The summed E-state index contributed by atoms with van der Waals surface area (Å²) in [6.07, 6.45) is 1.53. The molecule has 0 aliphatic carbocycles. The Morgan fingerprint density at radius 3 is 2.67 bits per heavy atom. The minimum absolute atomic E-state index is 0.0875. The average Bonchev–Trinajstić information content (AvgIpc) is 2.75. The van der Waals surface area contributed by atoms with E-state index in [1.165, 1.54) is 11.8 Å². The van der Waals surface area contributed by atoms with E-state index in [1.54, 1.807) is 11.9 Å². The predicted octanol–water partition coefficient (Wildman–Crippen LogP) is -0.796. The van der Waals surface area contributed by atoms with Crippen LogP contribution in [0.5, 0.6) is 0 Å². The fourth-order valence-corrected chi connectivity index (χ4v) is 2.35. The second-order valence-electron chi connectivity index (χ2n) is 4.00. The van der Waals surface area contributed by atoms with Crippen molar-refractivity contribution in [1.29, 1.82) is 0 Å². The van der Waals surface area contributed by atoms with E-state index in [0.29, 0.717) is 19.5 Å². The Kier molecular flexibility index (Phi) is 6.56. The molecule has 102 valence electrons. The number of amides is 3. The van der Waals surface area contributed by atoms with Gasteiger partial charge >= 0.3 is 0 Å². The molecule has 1 rings (SSSR count). The van der Waals surface area contributed by atoms with Gasteiger partial charge in [0.1, 0.15) is 0 Å². The molecule has 0 aromatic carbocycles. The van der Waals surface area contributed by atoms with Gasteiger partial charge in [0.05, 0.1) is 11.5 Å². The standard InChI is InChI=1S/C11H19N3O3S/c1-12-9(15)7-18-8-10(16)13-4-6-14-5-2-3-11(14)17/h2-8H2,1H3,(H,12,15)(H,13,16). The molecule has 1 aliphatic rings. The molecule has 0 bridgehead atoms. The summed E-state index contributed by atoms with van der Waals surface area (Å²) < 4.78 is 0. The zero-order valence-electron chi connectivity index (χ0n) is 10.5. The number of rotatable bonds is 7. The van der Waals surface area contributed by atoms with E-state index >= 15 is 0 Å². The Hall–Kier alpha value is -1.24. The molecule has 0 spiro atoms. The van der Waals surface area contributed by atoms with E-state index in [-0.39, 0.29) is 29.2 Å². The molecule has 0 aromatic rings. The molecule has 0 atom stereocenters. The lowest BCUT2D eigenvalue weighted by molar-refractivity contribution is -0.128. The summed E-state index contributed by atoms with van der Waals surface area (Å²) in [5.74, 6) is 0.528. The first-order valence-corrected chi connectivity index (χ1v) is 7.11. The molecule has 0 radical (unpaired) electrons. The summed E-state index contributed by atoms with van der Waals surface area (Å²) >= 11 is 1.27. The molecule has 2 N–H and O–H groups in total. The maximum absolute atomic E-state index is 11.4. The van der Waals surface area contributed by atoms with Gasteiger partial charge in [-0.25, -0.2) is 0 Å². The van der Waals surface area contributed by atoms with Gasteiger partial charge in [0, 0.05) is 33.1 Å². The Balaban J connectivity index is 2.03. The smallest absolute Gasteiger partial charge is 0.230 e. The molecule has 0 saturated carbocycles. The molecule has 18 heavy (non-hydrogen) atoms. The zero-order chi connectivity index (χ0) is 13.4. The van der Waals surface area contributed by atoms with Crippen LogP contribution < -0.4 is 10.6 Å². The van der Waals surface area contributed by atoms with E-state index in [4.69, 9.17) is 0 Å². The highest BCUT2D eigenvalue weighted by molar-refractivity contribution is 8.00. The summed E-state index contributed by atoms with van der Waals surface area (Å²) in [4.78, 5) is 35.4. The fourth-order valence-electron chi connectivity index (χ4n) is 1.63. The third-order valence-electron chi connectivity index (χ3n) is 2.62. The minimum Gasteiger partial charge on any atom is -0.358 e. The molecule has 1 heterocycles. The second-order valence-corrected chi connectivity index (χ2v) is 4.99. The van der Waals surface area contributed by atoms with Crippen molar-refractivity contribution in [2.24, 2.45) is 0 Å². The van der Waals surface area contributed by atoms with E-state index in [2.05, 4.69) is 10.6 Å². The number of hydrogen-bond acceptors (Lipinski definition) is 4. The number of hydrogen-bond donors (Lipinski definition) is 2. The van der Waals surface area contributed by atoms with Gasteiger partial charge in [0.2, 0.25) is 17.7 Å². The first kappa shape index (κ1) is 14.8. The van der Waals surface area contributed by atoms with E-state index < -0.39 is 0 Å². The van der Waals surface area contributed by atoms with Crippen LogP contribution in [-0.4, -0.2) is 60.8 Å². The molecule has 1 saturated heterocycles. The summed E-state index contributed by atoms with van der Waals surface area (Å²) in [5, 5.41) is 5.22. The predicted molar refractivity (Wildman–Crippen MR) is 70.2 cm³/mol. The van der Waals surface area contributed by atoms with Gasteiger partial charge in [-0.2, -0.15) is 0 Å². The lowest BCUT2D eigenvalue weighted by Crippen LogP contribution is -2.36. The van der Waals surface area contributed by atoms with Crippen LogP contribution >= 0.6 is 11.8 Å². The molecule has 0 unspecified atom stereocenters. The molecule has 1 aliphatic heterocycles. The van der Waals surface area contributed by atoms with Crippen LogP contribution in [0.15, 0.2) is 0 Å². The maximum Gasteiger partial charge on any atom is 0.230 e. The minimum atomic E-state index is -0.101. The number of thioether (sulfide) groups is 1. The van der Waals surface area contributed by atoms with Crippen LogP contribution in [-0.2, 0) is 14.4 Å². The Morgan fingerprint density at radius 1 is 1.33 bits per heavy atom. The second kappa shape index (κ2) is 7.97. The van der Waals surface area contributed by atoms with Crippen LogP contribution in [0.4, 0.5) is 0 Å². The van der Waals surface area contributed by atoms with E-state index in [1.807, 2.05) is 0 Å². The molecule has 1 fully saturated rings. The summed E-state index contributed by atoms with van der Waals surface area (Å²) in [6.45, 7) is 1.84. The third-order valence-corrected chi connectivity index (χ3v) is 3.55. The summed E-state index contributed by atoms with van der Waals surface area (Å²) in [7, 11) is 1.57. The van der Waals surface area contributed by atoms with Gasteiger partial charge in [0.25, 0.3) is 0 Å². The number of likely N-dealkylation sites (tertiary alicyclic amines) is 1. The highest BCUT2D eigenvalue weighted by atomic mass is 32.2. The Morgan fingerprint density at radius 2 is 2.06 bits per heavy atom. The Bertz CT molecular complexity index is 323. The summed E-state index contributed by atoms with van der Waals surface area (Å²) in [5.41, 5.74) is 0. The lowest BCUT2D eigenvalue weighted by Gasteiger charge is -2.15. The topological polar surface area (TPSA) is 78.5 Å². The fraction of sp³-hybridized carbons (Fsp3) is 0.727. The van der Waals surface area contributed by atoms with Crippen LogP contribution in [0.2, 0.25) is 0 Å². The number of carbonyl (C=O) groups excluding carboxylic acids is 3. The first-order valence-electron chi connectivity index (χ1n) is 5.96. The van der Waals surface area contributed by atoms with E-state index in [0.717, 1.165) is 13.0 Å². The molecular formula is C11H19N3O3S. The number of nitrogens with zero attached hydrogens (tertiary/aromatic N) is 1. The van der Waals surface area contributed by atoms with Crippen molar-refractivity contribution in [3.63, 3.8) is 0 Å². The van der Waals surface area contributed by atoms with Gasteiger partial charge < -0.3 is 15.5 Å². The molecule has 0 aromatic heterocycles. The van der Waals surface area contributed by atoms with Gasteiger partial charge in [-0.05, 0) is 6.42 Å². The quantitative estimate of drug-likeness (QED) is 0.637. The molecular weight excluding hydrogens is 254 g/mol. The van der Waals surface area contributed by atoms with Crippen molar-refractivity contribution >= 4 is 29.5 Å². The number of nitrogens with one attached hydrogen (secondary N) is 2. The monoisotopic (exact) mass is 273 g/mol. The van der Waals surface area contributed by atoms with Crippen molar-refractivity contribution < 1.29 is 14.4 Å². The van der Waals surface area contributed by atoms with E-state index in [9.17, 15) is 14.4 Å². The normalized spacial score (nSPS) is 14.7. The van der Waals surface area contributed by atoms with Crippen molar-refractivity contribution in [1.82, 2.24) is 15.5 Å². The molecule has 3 amide bonds. The first-order chi connectivity index (χ1) is 8.63. The lowest BCUT2D eigenvalue weighted by atomic mass is 10.4. The SMILES string of the molecule is CNC(=O)CSCC(=O)NCCN1CCCC1=O. The van der Waals surface area contributed by atoms with Gasteiger partial charge in [-0.1, -0.05) is 0 Å². The zero-order valence-corrected chi connectivity index (χ0v) is 11.3. The molecule has 6 nitrogen and oxygen atoms in total. The molecule has 7 heteroatoms. The average molecular weight is 273 g/mol. The van der Waals surface area contributed by atoms with Crippen molar-refractivity contribution in [3.05, 3.63) is 0 Å². The van der Waals surface area contributed by atoms with Crippen molar-refractivity contribution in [3.8, 4) is 0 Å². The Labute approximate surface area is 111 Å². The highest BCUT2D eigenvalue weighted by Crippen LogP contribution is 2.07. The van der Waals surface area contributed by atoms with Crippen LogP contribution in [0.25, 0.3) is 0 Å². The summed E-state index contributed by atoms with van der Waals surface area (Å²) in [6, 6.07) is 0. The largest absolute Gasteiger partial charge is 0.358 e. The highest BCUT2D eigenvalue weighted by Gasteiger charge is 2.19. The van der Waals surface area contributed by atoms with Crippen molar-refractivity contribution in [2.45, 2.75) is 12.8 Å². The van der Waals surface area contributed by atoms with Crippen molar-refractivity contribution in [2.75, 3.05) is 38.2 Å². The number of carbonyl (C=O) groups is 3. The van der Waals surface area contributed by atoms with Crippen LogP contribution in [0.3, 0.4) is 0 Å². The van der Waals surface area contributed by atoms with Crippen LogP contribution in [0.1, 0.15) is 12.8 Å². The van der Waals surface area contributed by atoms with Gasteiger partial charge in [0.15, 0.2) is 0 Å². The maximum atomic E-state index is 11.4. The van der Waals surface area contributed by atoms with Gasteiger partial charge in [-0.15, -0.1) is 11.8 Å². The third kappa shape index (κ3) is 5.39.